The lowest BCUT2D eigenvalue weighted by Gasteiger charge is -2.28. The lowest BCUT2D eigenvalue weighted by Crippen LogP contribution is -2.41. The smallest absolute Gasteiger partial charge is 0.225 e. The summed E-state index contributed by atoms with van der Waals surface area (Å²) in [6.45, 7) is 4.90. The number of fused-ring (bicyclic) bond motifs is 1. The number of carbonyl (C=O) groups excluding carboxylic acids is 1. The van der Waals surface area contributed by atoms with Crippen LogP contribution in [0.4, 0.5) is 4.39 Å². The Kier molecular flexibility index (Phi) is 4.42. The van der Waals surface area contributed by atoms with Crippen molar-refractivity contribution in [3.05, 3.63) is 59.4 Å². The van der Waals surface area contributed by atoms with E-state index in [4.69, 9.17) is 9.47 Å². The molecule has 0 unspecified atom stereocenters. The van der Waals surface area contributed by atoms with Crippen molar-refractivity contribution in [1.29, 1.82) is 0 Å². The summed E-state index contributed by atoms with van der Waals surface area (Å²) in [4.78, 5) is 12.3. The molecule has 0 saturated heterocycles. The highest BCUT2D eigenvalue weighted by Gasteiger charge is 2.25. The molecule has 0 radical (unpaired) electrons. The number of benzene rings is 2. The number of ether oxygens (including phenoxy) is 2. The van der Waals surface area contributed by atoms with Gasteiger partial charge in [0.1, 0.15) is 19.0 Å². The predicted molar refractivity (Wildman–Crippen MR) is 88.7 cm³/mol. The summed E-state index contributed by atoms with van der Waals surface area (Å²) in [5.74, 6) is 0.893. The first kappa shape index (κ1) is 16.3. The summed E-state index contributed by atoms with van der Waals surface area (Å²) in [6.07, 6.45) is 0.131. The van der Waals surface area contributed by atoms with Crippen LogP contribution in [0, 0.1) is 5.82 Å². The van der Waals surface area contributed by atoms with Gasteiger partial charge in [0.15, 0.2) is 11.5 Å². The minimum atomic E-state index is -0.583. The fourth-order valence-electron chi connectivity index (χ4n) is 2.73. The van der Waals surface area contributed by atoms with Gasteiger partial charge in [-0.1, -0.05) is 18.2 Å². The van der Waals surface area contributed by atoms with Gasteiger partial charge in [-0.05, 0) is 49.2 Å². The Bertz CT molecular complexity index is 758. The Morgan fingerprint density at radius 1 is 1.12 bits per heavy atom. The van der Waals surface area contributed by atoms with E-state index < -0.39 is 5.54 Å². The van der Waals surface area contributed by atoms with Crippen LogP contribution in [0.15, 0.2) is 42.5 Å². The lowest BCUT2D eigenvalue weighted by molar-refractivity contribution is -0.122. The van der Waals surface area contributed by atoms with Gasteiger partial charge in [-0.25, -0.2) is 4.39 Å². The maximum atomic E-state index is 13.2. The minimum Gasteiger partial charge on any atom is -0.486 e. The first-order chi connectivity index (χ1) is 11.4. The van der Waals surface area contributed by atoms with Crippen LogP contribution in [0.1, 0.15) is 25.0 Å². The Morgan fingerprint density at radius 2 is 1.88 bits per heavy atom. The third kappa shape index (κ3) is 3.67. The van der Waals surface area contributed by atoms with Crippen LogP contribution in [0.3, 0.4) is 0 Å². The topological polar surface area (TPSA) is 47.6 Å². The average Bonchev–Trinajstić information content (AvgIpc) is 2.53. The molecule has 0 bridgehead atoms. The van der Waals surface area contributed by atoms with Crippen LogP contribution in [-0.4, -0.2) is 19.1 Å². The third-order valence-electron chi connectivity index (χ3n) is 3.97. The summed E-state index contributed by atoms with van der Waals surface area (Å²) >= 11 is 0. The molecule has 2 aromatic carbocycles. The molecule has 5 heteroatoms. The zero-order valence-electron chi connectivity index (χ0n) is 13.8. The molecule has 2 aromatic rings. The number of carbonyl (C=O) groups is 1. The van der Waals surface area contributed by atoms with Crippen molar-refractivity contribution in [2.75, 3.05) is 13.2 Å². The molecule has 1 heterocycles. The van der Waals surface area contributed by atoms with E-state index in [1.54, 1.807) is 12.1 Å². The molecule has 1 aliphatic heterocycles. The van der Waals surface area contributed by atoms with Crippen LogP contribution in [0.2, 0.25) is 0 Å². The second-order valence-corrected chi connectivity index (χ2v) is 6.34. The number of amides is 1. The number of hydrogen-bond donors (Lipinski definition) is 1. The molecular formula is C19H20FNO3. The molecule has 24 heavy (non-hydrogen) atoms. The van der Waals surface area contributed by atoms with E-state index in [0.29, 0.717) is 30.3 Å². The van der Waals surface area contributed by atoms with Crippen LogP contribution < -0.4 is 14.8 Å². The largest absolute Gasteiger partial charge is 0.486 e. The summed E-state index contributed by atoms with van der Waals surface area (Å²) in [5.41, 5.74) is 0.977. The van der Waals surface area contributed by atoms with E-state index in [2.05, 4.69) is 5.32 Å². The standard InChI is InChI=1S/C19H20FNO3/c1-19(2,14-6-7-16-17(12-14)24-9-8-23-16)21-18(22)11-13-4-3-5-15(20)10-13/h3-7,10,12H,8-9,11H2,1-2H3,(H,21,22). The Hall–Kier alpha value is -2.56. The summed E-state index contributed by atoms with van der Waals surface area (Å²) in [6, 6.07) is 11.7. The van der Waals surface area contributed by atoms with Gasteiger partial charge in [-0.15, -0.1) is 0 Å². The predicted octanol–water partition coefficient (Wildman–Crippen LogP) is 3.19. The highest BCUT2D eigenvalue weighted by Crippen LogP contribution is 2.34. The van der Waals surface area contributed by atoms with Crippen LogP contribution in [0.5, 0.6) is 11.5 Å². The molecule has 1 N–H and O–H groups in total. The van der Waals surface area contributed by atoms with Gasteiger partial charge in [-0.2, -0.15) is 0 Å². The van der Waals surface area contributed by atoms with Crippen molar-refractivity contribution in [3.8, 4) is 11.5 Å². The Balaban J connectivity index is 1.72. The Labute approximate surface area is 140 Å². The fourth-order valence-corrected chi connectivity index (χ4v) is 2.73. The Morgan fingerprint density at radius 3 is 2.62 bits per heavy atom. The van der Waals surface area contributed by atoms with Gasteiger partial charge in [0, 0.05) is 0 Å². The van der Waals surface area contributed by atoms with Gasteiger partial charge >= 0.3 is 0 Å². The van der Waals surface area contributed by atoms with Gasteiger partial charge in [-0.3, -0.25) is 4.79 Å². The van der Waals surface area contributed by atoms with E-state index in [-0.39, 0.29) is 18.1 Å². The summed E-state index contributed by atoms with van der Waals surface area (Å²) in [7, 11) is 0. The normalized spacial score (nSPS) is 13.5. The van der Waals surface area contributed by atoms with Crippen LogP contribution in [-0.2, 0) is 16.8 Å². The van der Waals surface area contributed by atoms with Gasteiger partial charge in [0.2, 0.25) is 5.91 Å². The first-order valence-electron chi connectivity index (χ1n) is 7.90. The molecule has 0 aliphatic carbocycles. The van der Waals surface area contributed by atoms with Crippen LogP contribution in [0.25, 0.3) is 0 Å². The van der Waals surface area contributed by atoms with Crippen molar-refractivity contribution >= 4 is 5.91 Å². The van der Waals surface area contributed by atoms with Gasteiger partial charge < -0.3 is 14.8 Å². The molecule has 4 nitrogen and oxygen atoms in total. The van der Waals surface area contributed by atoms with E-state index in [1.807, 2.05) is 32.0 Å². The molecule has 1 amide bonds. The van der Waals surface area contributed by atoms with Crippen molar-refractivity contribution < 1.29 is 18.7 Å². The molecular weight excluding hydrogens is 309 g/mol. The van der Waals surface area contributed by atoms with E-state index in [1.165, 1.54) is 12.1 Å². The van der Waals surface area contributed by atoms with Crippen molar-refractivity contribution in [2.24, 2.45) is 0 Å². The van der Waals surface area contributed by atoms with Crippen molar-refractivity contribution in [3.63, 3.8) is 0 Å². The maximum Gasteiger partial charge on any atom is 0.225 e. The number of rotatable bonds is 4. The fraction of sp³-hybridized carbons (Fsp3) is 0.316. The first-order valence-corrected chi connectivity index (χ1v) is 7.90. The number of hydrogen-bond acceptors (Lipinski definition) is 3. The lowest BCUT2D eigenvalue weighted by atomic mass is 9.93. The van der Waals surface area contributed by atoms with Gasteiger partial charge in [0.25, 0.3) is 0 Å². The third-order valence-corrected chi connectivity index (χ3v) is 3.97. The number of halogens is 1. The summed E-state index contributed by atoms with van der Waals surface area (Å²) < 4.78 is 24.3. The van der Waals surface area contributed by atoms with Crippen LogP contribution >= 0.6 is 0 Å². The molecule has 0 saturated carbocycles. The summed E-state index contributed by atoms with van der Waals surface area (Å²) in [5, 5.41) is 2.99. The molecule has 0 aromatic heterocycles. The quantitative estimate of drug-likeness (QED) is 0.937. The highest BCUT2D eigenvalue weighted by molar-refractivity contribution is 5.79. The second kappa shape index (κ2) is 6.51. The number of nitrogens with one attached hydrogen (secondary N) is 1. The van der Waals surface area contributed by atoms with E-state index >= 15 is 0 Å². The SMILES string of the molecule is CC(C)(NC(=O)Cc1cccc(F)c1)c1ccc2c(c1)OCCO2. The van der Waals surface area contributed by atoms with E-state index in [0.717, 1.165) is 5.56 Å². The second-order valence-electron chi connectivity index (χ2n) is 6.34. The monoisotopic (exact) mass is 329 g/mol. The van der Waals surface area contributed by atoms with E-state index in [9.17, 15) is 9.18 Å². The maximum absolute atomic E-state index is 13.2. The minimum absolute atomic E-state index is 0.131. The van der Waals surface area contributed by atoms with Crippen molar-refractivity contribution in [2.45, 2.75) is 25.8 Å². The molecule has 0 spiro atoms. The van der Waals surface area contributed by atoms with Crippen molar-refractivity contribution in [1.82, 2.24) is 5.32 Å². The van der Waals surface area contributed by atoms with Gasteiger partial charge in [0.05, 0.1) is 12.0 Å². The molecule has 1 aliphatic rings. The molecule has 0 atom stereocenters. The molecule has 3 rings (SSSR count). The zero-order chi connectivity index (χ0) is 17.2. The zero-order valence-corrected chi connectivity index (χ0v) is 13.8. The molecule has 126 valence electrons. The highest BCUT2D eigenvalue weighted by atomic mass is 19.1. The average molecular weight is 329 g/mol. The molecule has 0 fully saturated rings.